The molecule has 1 rings (SSSR count). The van der Waals surface area contributed by atoms with Gasteiger partial charge in [0.25, 0.3) is 0 Å². The van der Waals surface area contributed by atoms with Crippen molar-refractivity contribution in [1.82, 2.24) is 10.6 Å². The van der Waals surface area contributed by atoms with Crippen LogP contribution in [0, 0.1) is 12.3 Å². The van der Waals surface area contributed by atoms with Crippen LogP contribution in [0.25, 0.3) is 0 Å². The average molecular weight is 409 g/mol. The fraction of sp³-hybridized carbons (Fsp3) is 0.500. The van der Waals surface area contributed by atoms with Gasteiger partial charge in [-0.1, -0.05) is 95.3 Å². The highest BCUT2D eigenvalue weighted by Crippen LogP contribution is 2.32. The molecule has 0 radical (unpaired) electrons. The van der Waals surface area contributed by atoms with E-state index >= 15 is 0 Å². The molecule has 0 spiro atoms. The van der Waals surface area contributed by atoms with E-state index in [4.69, 9.17) is 0 Å². The highest BCUT2D eigenvalue weighted by molar-refractivity contribution is 5.35. The van der Waals surface area contributed by atoms with Crippen molar-refractivity contribution in [3.63, 3.8) is 0 Å². The molecule has 0 heterocycles. The summed E-state index contributed by atoms with van der Waals surface area (Å²) in [5.74, 6) is 0. The molecule has 0 saturated carbocycles. The Morgan fingerprint density at radius 1 is 0.900 bits per heavy atom. The van der Waals surface area contributed by atoms with Gasteiger partial charge < -0.3 is 10.6 Å². The zero-order chi connectivity index (χ0) is 23.3. The molecule has 0 aliphatic heterocycles. The second-order valence-electron chi connectivity index (χ2n) is 10.5. The molecule has 0 unspecified atom stereocenters. The Bertz CT molecular complexity index is 772. The van der Waals surface area contributed by atoms with Gasteiger partial charge in [-0.25, -0.2) is 0 Å². The summed E-state index contributed by atoms with van der Waals surface area (Å²) in [4.78, 5) is 0. The number of rotatable bonds is 11. The zero-order valence-corrected chi connectivity index (χ0v) is 20.7. The van der Waals surface area contributed by atoms with Crippen molar-refractivity contribution in [2.24, 2.45) is 5.41 Å². The Morgan fingerprint density at radius 3 is 1.87 bits per heavy atom. The summed E-state index contributed by atoms with van der Waals surface area (Å²) in [7, 11) is 0. The van der Waals surface area contributed by atoms with Gasteiger partial charge in [0, 0.05) is 22.9 Å². The van der Waals surface area contributed by atoms with Gasteiger partial charge >= 0.3 is 0 Å². The number of nitrogens with one attached hydrogen (secondary N) is 2. The first-order valence-electron chi connectivity index (χ1n) is 10.9. The average Bonchev–Trinajstić information content (AvgIpc) is 2.61. The molecule has 0 aromatic heterocycles. The molecule has 0 amide bonds. The molecule has 0 saturated heterocycles. The molecule has 30 heavy (non-hydrogen) atoms. The second kappa shape index (κ2) is 10.2. The van der Waals surface area contributed by atoms with Crippen molar-refractivity contribution in [1.29, 1.82) is 0 Å². The minimum Gasteiger partial charge on any atom is -0.381 e. The third kappa shape index (κ3) is 7.23. The minimum absolute atomic E-state index is 0.0291. The van der Waals surface area contributed by atoms with Crippen LogP contribution >= 0.6 is 0 Å². The van der Waals surface area contributed by atoms with E-state index in [1.165, 1.54) is 16.7 Å². The molecular weight excluding hydrogens is 364 g/mol. The predicted molar refractivity (Wildman–Crippen MR) is 135 cm³/mol. The lowest BCUT2D eigenvalue weighted by Crippen LogP contribution is -2.49. The maximum Gasteiger partial charge on any atom is 0.0699 e. The predicted octanol–water partition coefficient (Wildman–Crippen LogP) is 7.19. The van der Waals surface area contributed by atoms with Gasteiger partial charge in [-0.2, -0.15) is 0 Å². The van der Waals surface area contributed by atoms with Crippen LogP contribution in [0.2, 0.25) is 0 Å². The zero-order valence-electron chi connectivity index (χ0n) is 20.7. The molecule has 0 aliphatic carbocycles. The Labute approximate surface area is 186 Å². The first-order valence-corrected chi connectivity index (χ1v) is 10.9. The fourth-order valence-corrected chi connectivity index (χ4v) is 3.47. The van der Waals surface area contributed by atoms with E-state index in [0.29, 0.717) is 0 Å². The second-order valence-corrected chi connectivity index (χ2v) is 10.5. The monoisotopic (exact) mass is 408 g/mol. The van der Waals surface area contributed by atoms with Gasteiger partial charge in [0.1, 0.15) is 0 Å². The highest BCUT2D eigenvalue weighted by atomic mass is 15.0. The molecule has 2 N–H and O–H groups in total. The Balaban J connectivity index is 3.04. The molecule has 1 aromatic carbocycles. The number of benzene rings is 1. The number of hydrogen-bond acceptors (Lipinski definition) is 2. The van der Waals surface area contributed by atoms with Crippen LogP contribution in [-0.4, -0.2) is 12.1 Å². The lowest BCUT2D eigenvalue weighted by Gasteiger charge is -2.40. The van der Waals surface area contributed by atoms with Crippen molar-refractivity contribution in [3.05, 3.63) is 84.2 Å². The van der Waals surface area contributed by atoms with E-state index in [9.17, 15) is 0 Å². The van der Waals surface area contributed by atoms with E-state index in [-0.39, 0.29) is 22.9 Å². The first kappa shape index (κ1) is 25.8. The molecule has 2 heteroatoms. The Morgan fingerprint density at radius 2 is 1.43 bits per heavy atom. The van der Waals surface area contributed by atoms with Crippen LogP contribution in [0.15, 0.2) is 73.1 Å². The van der Waals surface area contributed by atoms with Gasteiger partial charge in [0.15, 0.2) is 0 Å². The van der Waals surface area contributed by atoms with E-state index in [1.54, 1.807) is 0 Å². The van der Waals surface area contributed by atoms with Crippen LogP contribution in [0.1, 0.15) is 72.4 Å². The molecule has 0 bridgehead atoms. The van der Waals surface area contributed by atoms with Crippen LogP contribution in [0.5, 0.6) is 0 Å². The van der Waals surface area contributed by atoms with Crippen LogP contribution < -0.4 is 10.6 Å². The maximum atomic E-state index is 4.43. The Kier molecular flexibility index (Phi) is 8.77. The minimum atomic E-state index is -0.203. The summed E-state index contributed by atoms with van der Waals surface area (Å²) in [6.45, 7) is 34.4. The van der Waals surface area contributed by atoms with Crippen molar-refractivity contribution >= 4 is 0 Å². The molecule has 2 atom stereocenters. The summed E-state index contributed by atoms with van der Waals surface area (Å²) < 4.78 is 0. The number of aryl methyl sites for hydroxylation is 1. The Hall–Kier alpha value is -2.22. The molecule has 0 fully saturated rings. The topological polar surface area (TPSA) is 24.1 Å². The normalized spacial score (nSPS) is 13.9. The van der Waals surface area contributed by atoms with Crippen molar-refractivity contribution in [2.75, 3.05) is 0 Å². The van der Waals surface area contributed by atoms with E-state index in [0.717, 1.165) is 29.8 Å². The third-order valence-electron chi connectivity index (χ3n) is 5.88. The van der Waals surface area contributed by atoms with E-state index in [1.807, 2.05) is 0 Å². The van der Waals surface area contributed by atoms with Crippen molar-refractivity contribution in [2.45, 2.75) is 85.7 Å². The highest BCUT2D eigenvalue weighted by Gasteiger charge is 2.33. The standard InChI is InChI=1S/C28H44N2/c1-19(2)13-18-25(20(3)4)29-22(6)26(27(8,9)10)30-23(7)28(11,12)24-16-14-21(5)15-17-24/h14-17,25-26,29-30H,1,3,6-7,13,18H2,2,4-5,8-12H3/t25-,26-/m1/s1. The molecule has 1 aromatic rings. The largest absolute Gasteiger partial charge is 0.381 e. The van der Waals surface area contributed by atoms with Crippen molar-refractivity contribution in [3.8, 4) is 0 Å². The smallest absolute Gasteiger partial charge is 0.0699 e. The number of allylic oxidation sites excluding steroid dienone is 2. The summed E-state index contributed by atoms with van der Waals surface area (Å²) in [6.07, 6.45) is 1.94. The van der Waals surface area contributed by atoms with Gasteiger partial charge in [0.05, 0.1) is 6.04 Å². The third-order valence-corrected chi connectivity index (χ3v) is 5.88. The van der Waals surface area contributed by atoms with Gasteiger partial charge in [-0.05, 0) is 44.6 Å². The van der Waals surface area contributed by atoms with E-state index in [2.05, 4.69) is 117 Å². The molecular formula is C28H44N2. The van der Waals surface area contributed by atoms with Crippen LogP contribution in [0.4, 0.5) is 0 Å². The molecule has 166 valence electrons. The molecule has 0 aliphatic rings. The summed E-state index contributed by atoms with van der Waals surface area (Å²) in [6, 6.07) is 8.91. The lowest BCUT2D eigenvalue weighted by molar-refractivity contribution is 0.294. The van der Waals surface area contributed by atoms with E-state index < -0.39 is 0 Å². The quantitative estimate of drug-likeness (QED) is 0.378. The molecule has 2 nitrogen and oxygen atoms in total. The van der Waals surface area contributed by atoms with Crippen LogP contribution in [-0.2, 0) is 5.41 Å². The summed E-state index contributed by atoms with van der Waals surface area (Å²) >= 11 is 0. The van der Waals surface area contributed by atoms with Gasteiger partial charge in [-0.3, -0.25) is 0 Å². The van der Waals surface area contributed by atoms with Crippen molar-refractivity contribution < 1.29 is 0 Å². The summed E-state index contributed by atoms with van der Waals surface area (Å²) in [5, 5.41) is 7.36. The van der Waals surface area contributed by atoms with Gasteiger partial charge in [0.2, 0.25) is 0 Å². The fourth-order valence-electron chi connectivity index (χ4n) is 3.47. The van der Waals surface area contributed by atoms with Crippen LogP contribution in [0.3, 0.4) is 0 Å². The lowest BCUT2D eigenvalue weighted by atomic mass is 9.79. The first-order chi connectivity index (χ1) is 13.7. The SMILES string of the molecule is C=C(C)CC[C@@H](NC(=C)[C@@H](NC(=C)C(C)(C)c1ccc(C)cc1)C(C)(C)C)C(=C)C. The van der Waals surface area contributed by atoms with Gasteiger partial charge in [-0.15, -0.1) is 6.58 Å². The maximum absolute atomic E-state index is 4.43. The number of hydrogen-bond donors (Lipinski definition) is 2. The summed E-state index contributed by atoms with van der Waals surface area (Å²) in [5.41, 5.74) is 6.53.